The third kappa shape index (κ3) is 4.23. The summed E-state index contributed by atoms with van der Waals surface area (Å²) in [6, 6.07) is 12.3. The molecule has 26 heavy (non-hydrogen) atoms. The molecule has 5 nitrogen and oxygen atoms in total. The number of carbonyl (C=O) groups is 2. The van der Waals surface area contributed by atoms with Gasteiger partial charge in [0.05, 0.1) is 10.7 Å². The van der Waals surface area contributed by atoms with Gasteiger partial charge in [0.25, 0.3) is 11.8 Å². The second-order valence-electron chi connectivity index (χ2n) is 6.61. The van der Waals surface area contributed by atoms with E-state index in [9.17, 15) is 9.59 Å². The zero-order valence-corrected chi connectivity index (χ0v) is 15.7. The molecule has 136 valence electrons. The Labute approximate surface area is 158 Å². The second-order valence-corrected chi connectivity index (χ2v) is 7.02. The number of amides is 2. The fourth-order valence-corrected chi connectivity index (χ4v) is 3.01. The second kappa shape index (κ2) is 7.89. The van der Waals surface area contributed by atoms with Gasteiger partial charge in [0.15, 0.2) is 0 Å². The van der Waals surface area contributed by atoms with Gasteiger partial charge in [-0.15, -0.1) is 0 Å². The van der Waals surface area contributed by atoms with Crippen molar-refractivity contribution in [1.29, 1.82) is 0 Å². The third-order valence-electron chi connectivity index (χ3n) is 4.57. The van der Waals surface area contributed by atoms with Gasteiger partial charge in [-0.25, -0.2) is 0 Å². The fraction of sp³-hybridized carbons (Fsp3) is 0.300. The minimum atomic E-state index is -0.254. The van der Waals surface area contributed by atoms with Crippen LogP contribution in [0.1, 0.15) is 26.3 Å². The Balaban J connectivity index is 1.76. The molecule has 1 aliphatic heterocycles. The zero-order chi connectivity index (χ0) is 18.7. The number of hydrogen-bond donors (Lipinski definition) is 1. The molecular formula is C20H22ClN3O2. The fourth-order valence-electron chi connectivity index (χ4n) is 2.85. The van der Waals surface area contributed by atoms with Gasteiger partial charge in [-0.3, -0.25) is 9.59 Å². The molecule has 0 radical (unpaired) electrons. The largest absolute Gasteiger partial charge is 0.336 e. The van der Waals surface area contributed by atoms with Gasteiger partial charge in [0.1, 0.15) is 0 Å². The van der Waals surface area contributed by atoms with Crippen LogP contribution < -0.4 is 5.32 Å². The Morgan fingerprint density at radius 1 is 0.962 bits per heavy atom. The topological polar surface area (TPSA) is 52.7 Å². The van der Waals surface area contributed by atoms with Crippen LogP contribution in [0.3, 0.4) is 0 Å². The number of halogens is 1. The Bertz CT molecular complexity index is 812. The maximum atomic E-state index is 12.7. The van der Waals surface area contributed by atoms with Gasteiger partial charge in [-0.2, -0.15) is 0 Å². The van der Waals surface area contributed by atoms with E-state index >= 15 is 0 Å². The number of hydrogen-bond acceptors (Lipinski definition) is 3. The standard InChI is InChI=1S/C20H22ClN3O2/c1-14-3-5-15(6-4-14)19(25)22-18-13-16(7-8-17(18)21)20(26)24-11-9-23(2)10-12-24/h3-8,13H,9-12H2,1-2H3,(H,22,25). The summed E-state index contributed by atoms with van der Waals surface area (Å²) in [6.45, 7) is 5.07. The minimum Gasteiger partial charge on any atom is -0.336 e. The van der Waals surface area contributed by atoms with E-state index in [1.165, 1.54) is 0 Å². The maximum absolute atomic E-state index is 12.7. The lowest BCUT2D eigenvalue weighted by Crippen LogP contribution is -2.47. The molecule has 1 fully saturated rings. The monoisotopic (exact) mass is 371 g/mol. The number of nitrogens with zero attached hydrogens (tertiary/aromatic N) is 2. The molecule has 1 saturated heterocycles. The lowest BCUT2D eigenvalue weighted by Gasteiger charge is -2.32. The molecule has 0 aliphatic carbocycles. The molecule has 2 aromatic rings. The van der Waals surface area contributed by atoms with Gasteiger partial charge in [0.2, 0.25) is 0 Å². The van der Waals surface area contributed by atoms with Gasteiger partial charge in [-0.1, -0.05) is 29.3 Å². The number of rotatable bonds is 3. The van der Waals surface area contributed by atoms with Crippen LogP contribution in [-0.4, -0.2) is 54.8 Å². The van der Waals surface area contributed by atoms with Gasteiger partial charge >= 0.3 is 0 Å². The molecule has 1 heterocycles. The van der Waals surface area contributed by atoms with Crippen LogP contribution in [-0.2, 0) is 0 Å². The third-order valence-corrected chi connectivity index (χ3v) is 4.90. The van der Waals surface area contributed by atoms with Crippen molar-refractivity contribution >= 4 is 29.1 Å². The van der Waals surface area contributed by atoms with Crippen molar-refractivity contribution < 1.29 is 9.59 Å². The average Bonchev–Trinajstić information content (AvgIpc) is 2.64. The molecule has 0 bridgehead atoms. The summed E-state index contributed by atoms with van der Waals surface area (Å²) >= 11 is 6.22. The predicted octanol–water partition coefficient (Wildman–Crippen LogP) is 3.29. The van der Waals surface area contributed by atoms with Gasteiger partial charge in [-0.05, 0) is 44.3 Å². The molecule has 1 N–H and O–H groups in total. The molecule has 2 amide bonds. The van der Waals surface area contributed by atoms with E-state index in [0.717, 1.165) is 18.7 Å². The molecule has 3 rings (SSSR count). The van der Waals surface area contributed by atoms with Crippen LogP contribution >= 0.6 is 11.6 Å². The molecular weight excluding hydrogens is 350 g/mol. The molecule has 0 spiro atoms. The summed E-state index contributed by atoms with van der Waals surface area (Å²) < 4.78 is 0. The van der Waals surface area contributed by atoms with Crippen molar-refractivity contribution in [1.82, 2.24) is 9.80 Å². The van der Waals surface area contributed by atoms with Crippen molar-refractivity contribution in [3.05, 3.63) is 64.2 Å². The number of carbonyl (C=O) groups excluding carboxylic acids is 2. The smallest absolute Gasteiger partial charge is 0.255 e. The van der Waals surface area contributed by atoms with Crippen LogP contribution in [0.25, 0.3) is 0 Å². The summed E-state index contributed by atoms with van der Waals surface area (Å²) in [4.78, 5) is 29.2. The Hall–Kier alpha value is -2.37. The normalized spacial score (nSPS) is 15.0. The Kier molecular flexibility index (Phi) is 5.59. The van der Waals surface area contributed by atoms with E-state index in [-0.39, 0.29) is 11.8 Å². The van der Waals surface area contributed by atoms with E-state index in [1.807, 2.05) is 31.0 Å². The summed E-state index contributed by atoms with van der Waals surface area (Å²) in [5.41, 5.74) is 2.59. The quantitative estimate of drug-likeness (QED) is 0.900. The molecule has 1 aliphatic rings. The van der Waals surface area contributed by atoms with E-state index < -0.39 is 0 Å². The highest BCUT2D eigenvalue weighted by Crippen LogP contribution is 2.25. The van der Waals surface area contributed by atoms with Crippen molar-refractivity contribution in [2.45, 2.75) is 6.92 Å². The first-order valence-corrected chi connectivity index (χ1v) is 8.97. The maximum Gasteiger partial charge on any atom is 0.255 e. The lowest BCUT2D eigenvalue weighted by molar-refractivity contribution is 0.0664. The SMILES string of the molecule is Cc1ccc(C(=O)Nc2cc(C(=O)N3CCN(C)CC3)ccc2Cl)cc1. The Morgan fingerprint density at radius 2 is 1.58 bits per heavy atom. The number of aryl methyl sites for hydroxylation is 1. The van der Waals surface area contributed by atoms with Gasteiger partial charge in [0, 0.05) is 37.3 Å². The number of benzene rings is 2. The first kappa shape index (κ1) is 18.4. The number of likely N-dealkylation sites (N-methyl/N-ethyl adjacent to an activating group) is 1. The predicted molar refractivity (Wildman–Crippen MR) is 104 cm³/mol. The summed E-state index contributed by atoms with van der Waals surface area (Å²) in [6.07, 6.45) is 0. The van der Waals surface area contributed by atoms with Crippen LogP contribution in [0.4, 0.5) is 5.69 Å². The highest BCUT2D eigenvalue weighted by Gasteiger charge is 2.21. The van der Waals surface area contributed by atoms with E-state index in [1.54, 1.807) is 30.3 Å². The highest BCUT2D eigenvalue weighted by atomic mass is 35.5. The van der Waals surface area contributed by atoms with Crippen LogP contribution in [0.15, 0.2) is 42.5 Å². The number of nitrogens with one attached hydrogen (secondary N) is 1. The average molecular weight is 372 g/mol. The zero-order valence-electron chi connectivity index (χ0n) is 15.0. The van der Waals surface area contributed by atoms with Crippen LogP contribution in [0, 0.1) is 6.92 Å². The van der Waals surface area contributed by atoms with Crippen LogP contribution in [0.2, 0.25) is 5.02 Å². The van der Waals surface area contributed by atoms with Crippen molar-refractivity contribution in [3.63, 3.8) is 0 Å². The van der Waals surface area contributed by atoms with E-state index in [0.29, 0.717) is 34.9 Å². The van der Waals surface area contributed by atoms with E-state index in [4.69, 9.17) is 11.6 Å². The number of piperazine rings is 1. The number of anilines is 1. The van der Waals surface area contributed by atoms with Crippen molar-refractivity contribution in [3.8, 4) is 0 Å². The minimum absolute atomic E-state index is 0.0411. The van der Waals surface area contributed by atoms with Crippen molar-refractivity contribution in [2.24, 2.45) is 0 Å². The summed E-state index contributed by atoms with van der Waals surface area (Å²) in [7, 11) is 2.04. The van der Waals surface area contributed by atoms with Gasteiger partial charge < -0.3 is 15.1 Å². The van der Waals surface area contributed by atoms with Crippen LogP contribution in [0.5, 0.6) is 0 Å². The first-order chi connectivity index (χ1) is 12.4. The molecule has 0 saturated carbocycles. The van der Waals surface area contributed by atoms with E-state index in [2.05, 4.69) is 10.2 Å². The molecule has 0 aromatic heterocycles. The summed E-state index contributed by atoms with van der Waals surface area (Å²) in [5.74, 6) is -0.295. The summed E-state index contributed by atoms with van der Waals surface area (Å²) in [5, 5.41) is 3.20. The first-order valence-electron chi connectivity index (χ1n) is 8.59. The lowest BCUT2D eigenvalue weighted by atomic mass is 10.1. The molecule has 0 unspecified atom stereocenters. The molecule has 6 heteroatoms. The highest BCUT2D eigenvalue weighted by molar-refractivity contribution is 6.34. The Morgan fingerprint density at radius 3 is 2.23 bits per heavy atom. The molecule has 0 atom stereocenters. The van der Waals surface area contributed by atoms with Crippen molar-refractivity contribution in [2.75, 3.05) is 38.5 Å². The molecule has 2 aromatic carbocycles.